The number of hydrogen-bond donors (Lipinski definition) is 6. The fraction of sp³-hybridized carbons (Fsp3) is 1.00. The molecule has 0 bridgehead atoms. The van der Waals surface area contributed by atoms with E-state index in [1.807, 2.05) is 6.92 Å². The van der Waals surface area contributed by atoms with Crippen molar-refractivity contribution in [3.8, 4) is 0 Å². The van der Waals surface area contributed by atoms with Crippen LogP contribution in [0, 0.1) is 5.92 Å². The molecule has 8 nitrogen and oxygen atoms in total. The lowest BCUT2D eigenvalue weighted by Crippen LogP contribution is -2.61. The fourth-order valence-electron chi connectivity index (χ4n) is 3.22. The molecule has 0 spiro atoms. The van der Waals surface area contributed by atoms with Gasteiger partial charge in [0.1, 0.15) is 12.2 Å². The monoisotopic (exact) mass is 319 g/mol. The molecular weight excluding hydrogens is 290 g/mol. The topological polar surface area (TPSA) is 157 Å². The van der Waals surface area contributed by atoms with Gasteiger partial charge in [0, 0.05) is 6.04 Å². The summed E-state index contributed by atoms with van der Waals surface area (Å²) in [6.45, 7) is 1.65. The van der Waals surface area contributed by atoms with Crippen molar-refractivity contribution in [1.82, 2.24) is 0 Å². The summed E-state index contributed by atoms with van der Waals surface area (Å²) in [4.78, 5) is 0. The SMILES string of the molecule is CC1CC(N)C(OC2OC(C(N)CO)CCC2N)C(O)C1O. The van der Waals surface area contributed by atoms with Crippen molar-refractivity contribution in [2.45, 2.75) is 75.0 Å². The molecule has 2 aliphatic rings. The second-order valence-corrected chi connectivity index (χ2v) is 6.59. The molecule has 0 aromatic heterocycles. The molecule has 8 heteroatoms. The fourth-order valence-corrected chi connectivity index (χ4v) is 3.22. The first-order chi connectivity index (χ1) is 10.3. The van der Waals surface area contributed by atoms with E-state index in [9.17, 15) is 10.2 Å². The van der Waals surface area contributed by atoms with E-state index < -0.39 is 36.7 Å². The van der Waals surface area contributed by atoms with E-state index in [1.165, 1.54) is 0 Å². The average Bonchev–Trinajstić information content (AvgIpc) is 2.50. The number of rotatable bonds is 4. The zero-order valence-electron chi connectivity index (χ0n) is 12.9. The van der Waals surface area contributed by atoms with Crippen LogP contribution in [0.25, 0.3) is 0 Å². The summed E-state index contributed by atoms with van der Waals surface area (Å²) in [6.07, 6.45) is -2.00. The summed E-state index contributed by atoms with van der Waals surface area (Å²) in [6, 6.07) is -1.27. The van der Waals surface area contributed by atoms with E-state index >= 15 is 0 Å². The summed E-state index contributed by atoms with van der Waals surface area (Å²) >= 11 is 0. The second-order valence-electron chi connectivity index (χ2n) is 6.59. The van der Waals surface area contributed by atoms with Crippen molar-refractivity contribution in [2.75, 3.05) is 6.61 Å². The van der Waals surface area contributed by atoms with Gasteiger partial charge in [-0.25, -0.2) is 0 Å². The van der Waals surface area contributed by atoms with Crippen LogP contribution in [-0.2, 0) is 9.47 Å². The highest BCUT2D eigenvalue weighted by molar-refractivity contribution is 4.95. The van der Waals surface area contributed by atoms with Gasteiger partial charge >= 0.3 is 0 Å². The Balaban J connectivity index is 2.01. The normalized spacial score (nSPS) is 48.1. The van der Waals surface area contributed by atoms with Crippen LogP contribution in [0.2, 0.25) is 0 Å². The molecular formula is C14H29N3O5. The summed E-state index contributed by atoms with van der Waals surface area (Å²) in [5.41, 5.74) is 17.9. The Morgan fingerprint density at radius 3 is 2.50 bits per heavy atom. The van der Waals surface area contributed by atoms with Gasteiger partial charge in [0.05, 0.1) is 30.9 Å². The summed E-state index contributed by atoms with van der Waals surface area (Å²) in [5.74, 6) is -0.0960. The van der Waals surface area contributed by atoms with Crippen LogP contribution in [0.3, 0.4) is 0 Å². The molecule has 0 radical (unpaired) electrons. The van der Waals surface area contributed by atoms with Crippen LogP contribution in [0.1, 0.15) is 26.2 Å². The summed E-state index contributed by atoms with van der Waals surface area (Å²) in [5, 5.41) is 29.3. The van der Waals surface area contributed by atoms with E-state index in [4.69, 9.17) is 31.8 Å². The number of aliphatic hydroxyl groups excluding tert-OH is 3. The molecule has 1 saturated heterocycles. The van der Waals surface area contributed by atoms with Crippen molar-refractivity contribution >= 4 is 0 Å². The highest BCUT2D eigenvalue weighted by Crippen LogP contribution is 2.29. The van der Waals surface area contributed by atoms with Crippen LogP contribution in [-0.4, -0.2) is 70.8 Å². The highest BCUT2D eigenvalue weighted by atomic mass is 16.7. The number of aliphatic hydroxyl groups is 3. The van der Waals surface area contributed by atoms with Crippen LogP contribution >= 0.6 is 0 Å². The van der Waals surface area contributed by atoms with Gasteiger partial charge in [-0.05, 0) is 25.2 Å². The van der Waals surface area contributed by atoms with Crippen LogP contribution in [0.4, 0.5) is 0 Å². The van der Waals surface area contributed by atoms with Crippen LogP contribution in [0.5, 0.6) is 0 Å². The minimum atomic E-state index is -1.08. The quantitative estimate of drug-likeness (QED) is 0.335. The molecule has 2 fully saturated rings. The van der Waals surface area contributed by atoms with Gasteiger partial charge in [-0.1, -0.05) is 6.92 Å². The summed E-state index contributed by atoms with van der Waals surface area (Å²) < 4.78 is 11.5. The Bertz CT molecular complexity index is 361. The molecule has 1 heterocycles. The Morgan fingerprint density at radius 2 is 1.86 bits per heavy atom. The predicted octanol–water partition coefficient (Wildman–Crippen LogP) is -2.39. The predicted molar refractivity (Wildman–Crippen MR) is 79.6 cm³/mol. The van der Waals surface area contributed by atoms with Gasteiger partial charge in [0.25, 0.3) is 0 Å². The smallest absolute Gasteiger partial charge is 0.173 e. The van der Waals surface area contributed by atoms with Gasteiger partial charge in [-0.3, -0.25) is 0 Å². The van der Waals surface area contributed by atoms with Gasteiger partial charge < -0.3 is 42.0 Å². The standard InChI is InChI=1S/C14H29N3O5/c1-6-4-8(16)13(12(20)11(6)19)22-14-7(15)2-3-10(21-14)9(17)5-18/h6-14,18-20H,2-5,15-17H2,1H3. The van der Waals surface area contributed by atoms with E-state index in [-0.39, 0.29) is 24.7 Å². The average molecular weight is 319 g/mol. The van der Waals surface area contributed by atoms with Crippen molar-refractivity contribution < 1.29 is 24.8 Å². The van der Waals surface area contributed by atoms with Crippen LogP contribution < -0.4 is 17.2 Å². The number of hydrogen-bond acceptors (Lipinski definition) is 8. The third kappa shape index (κ3) is 3.77. The third-order valence-electron chi connectivity index (χ3n) is 4.76. The minimum absolute atomic E-state index is 0.0960. The van der Waals surface area contributed by atoms with Gasteiger partial charge in [-0.2, -0.15) is 0 Å². The van der Waals surface area contributed by atoms with Gasteiger partial charge in [-0.15, -0.1) is 0 Å². The first-order valence-electron chi connectivity index (χ1n) is 7.89. The van der Waals surface area contributed by atoms with Crippen molar-refractivity contribution in [3.63, 3.8) is 0 Å². The van der Waals surface area contributed by atoms with E-state index in [2.05, 4.69) is 0 Å². The van der Waals surface area contributed by atoms with Crippen molar-refractivity contribution in [3.05, 3.63) is 0 Å². The molecule has 9 atom stereocenters. The Labute approximate surface area is 130 Å². The highest BCUT2D eigenvalue weighted by Gasteiger charge is 2.44. The molecule has 22 heavy (non-hydrogen) atoms. The first kappa shape index (κ1) is 18.0. The maximum absolute atomic E-state index is 10.2. The van der Waals surface area contributed by atoms with Crippen molar-refractivity contribution in [1.29, 1.82) is 0 Å². The molecule has 2 rings (SSSR count). The number of ether oxygens (including phenoxy) is 2. The molecule has 1 saturated carbocycles. The molecule has 1 aliphatic carbocycles. The molecule has 130 valence electrons. The lowest BCUT2D eigenvalue weighted by Gasteiger charge is -2.44. The van der Waals surface area contributed by atoms with E-state index in [1.54, 1.807) is 0 Å². The lowest BCUT2D eigenvalue weighted by atomic mass is 9.81. The summed E-state index contributed by atoms with van der Waals surface area (Å²) in [7, 11) is 0. The Morgan fingerprint density at radius 1 is 1.18 bits per heavy atom. The minimum Gasteiger partial charge on any atom is -0.395 e. The third-order valence-corrected chi connectivity index (χ3v) is 4.76. The zero-order chi connectivity index (χ0) is 16.4. The van der Waals surface area contributed by atoms with E-state index in [0.717, 1.165) is 0 Å². The second kappa shape index (κ2) is 7.50. The first-order valence-corrected chi connectivity index (χ1v) is 7.89. The molecule has 1 aliphatic heterocycles. The molecule has 9 N–H and O–H groups in total. The molecule has 0 aromatic rings. The zero-order valence-corrected chi connectivity index (χ0v) is 12.9. The number of nitrogens with two attached hydrogens (primary N) is 3. The molecule has 9 unspecified atom stereocenters. The molecule has 0 amide bonds. The Hall–Kier alpha value is -0.320. The van der Waals surface area contributed by atoms with Gasteiger partial charge in [0.15, 0.2) is 6.29 Å². The Kier molecular flexibility index (Phi) is 6.14. The van der Waals surface area contributed by atoms with Gasteiger partial charge in [0.2, 0.25) is 0 Å². The lowest BCUT2D eigenvalue weighted by molar-refractivity contribution is -0.259. The molecule has 0 aromatic carbocycles. The maximum atomic E-state index is 10.2. The van der Waals surface area contributed by atoms with Crippen molar-refractivity contribution in [2.24, 2.45) is 23.1 Å². The van der Waals surface area contributed by atoms with Crippen LogP contribution in [0.15, 0.2) is 0 Å². The largest absolute Gasteiger partial charge is 0.395 e. The maximum Gasteiger partial charge on any atom is 0.173 e. The van der Waals surface area contributed by atoms with E-state index in [0.29, 0.717) is 19.3 Å².